The first kappa shape index (κ1) is 12.4. The van der Waals surface area contributed by atoms with Crippen LogP contribution < -0.4 is 10.6 Å². The Balaban J connectivity index is 1.82. The number of benzene rings is 1. The molecule has 1 unspecified atom stereocenters. The van der Waals surface area contributed by atoms with Crippen molar-refractivity contribution < 1.29 is 4.74 Å². The van der Waals surface area contributed by atoms with Crippen molar-refractivity contribution in [2.45, 2.75) is 25.9 Å². The Bertz CT molecular complexity index is 329. The number of hydrogen-bond acceptors (Lipinski definition) is 3. The quantitative estimate of drug-likeness (QED) is 0.838. The molecule has 0 radical (unpaired) electrons. The summed E-state index contributed by atoms with van der Waals surface area (Å²) in [5.74, 6) is 0.593. The molecule has 0 spiro atoms. The summed E-state index contributed by atoms with van der Waals surface area (Å²) in [5.41, 5.74) is 2.55. The van der Waals surface area contributed by atoms with E-state index in [-0.39, 0.29) is 6.10 Å². The molecule has 3 nitrogen and oxygen atoms in total. The van der Waals surface area contributed by atoms with Crippen molar-refractivity contribution in [3.05, 3.63) is 29.8 Å². The first-order valence-corrected chi connectivity index (χ1v) is 6.42. The van der Waals surface area contributed by atoms with Gasteiger partial charge in [0.25, 0.3) is 0 Å². The van der Waals surface area contributed by atoms with Gasteiger partial charge in [-0.2, -0.15) is 0 Å². The van der Waals surface area contributed by atoms with Crippen LogP contribution in [0.15, 0.2) is 24.3 Å². The van der Waals surface area contributed by atoms with E-state index in [0.29, 0.717) is 5.92 Å². The normalized spacial score (nSPS) is 20.5. The zero-order valence-electron chi connectivity index (χ0n) is 10.7. The van der Waals surface area contributed by atoms with Gasteiger partial charge in [-0.25, -0.2) is 0 Å². The molecule has 1 heterocycles. The second-order valence-corrected chi connectivity index (χ2v) is 4.85. The molecule has 0 aliphatic carbocycles. The second kappa shape index (κ2) is 6.03. The van der Waals surface area contributed by atoms with Gasteiger partial charge in [-0.1, -0.05) is 26.0 Å². The molecule has 1 saturated heterocycles. The summed E-state index contributed by atoms with van der Waals surface area (Å²) in [6, 6.07) is 8.66. The molecule has 94 valence electrons. The molecule has 2 rings (SSSR count). The molecule has 1 aliphatic heterocycles. The predicted octanol–water partition coefficient (Wildman–Crippen LogP) is 2.21. The number of ether oxygens (including phenoxy) is 1. The minimum atomic E-state index is 0.286. The molecule has 1 atom stereocenters. The van der Waals surface area contributed by atoms with Crippen LogP contribution in [0.25, 0.3) is 0 Å². The highest BCUT2D eigenvalue weighted by atomic mass is 16.5. The van der Waals surface area contributed by atoms with Crippen molar-refractivity contribution in [1.82, 2.24) is 5.32 Å². The summed E-state index contributed by atoms with van der Waals surface area (Å²) < 4.78 is 5.64. The molecule has 3 heteroatoms. The van der Waals surface area contributed by atoms with Crippen LogP contribution in [0.2, 0.25) is 0 Å². The molecule has 1 aliphatic rings. The van der Waals surface area contributed by atoms with Crippen LogP contribution in [0.5, 0.6) is 0 Å². The maximum atomic E-state index is 5.64. The largest absolute Gasteiger partial charge is 0.382 e. The van der Waals surface area contributed by atoms with Crippen LogP contribution in [0, 0.1) is 0 Å². The average Bonchev–Trinajstić information content (AvgIpc) is 2.38. The lowest BCUT2D eigenvalue weighted by molar-refractivity contribution is 0.0372. The van der Waals surface area contributed by atoms with Gasteiger partial charge in [-0.05, 0) is 23.6 Å². The van der Waals surface area contributed by atoms with Gasteiger partial charge in [0, 0.05) is 25.3 Å². The highest BCUT2D eigenvalue weighted by molar-refractivity contribution is 5.45. The zero-order chi connectivity index (χ0) is 12.1. The summed E-state index contributed by atoms with van der Waals surface area (Å²) in [4.78, 5) is 0. The van der Waals surface area contributed by atoms with Crippen LogP contribution >= 0.6 is 0 Å². The molecule has 2 N–H and O–H groups in total. The van der Waals surface area contributed by atoms with Gasteiger partial charge in [-0.3, -0.25) is 0 Å². The smallest absolute Gasteiger partial charge is 0.0872 e. The Morgan fingerprint density at radius 1 is 1.35 bits per heavy atom. The van der Waals surface area contributed by atoms with Crippen molar-refractivity contribution in [2.24, 2.45) is 0 Å². The van der Waals surface area contributed by atoms with Crippen molar-refractivity contribution in [1.29, 1.82) is 0 Å². The lowest BCUT2D eigenvalue weighted by atomic mass is 10.0. The maximum absolute atomic E-state index is 5.64. The van der Waals surface area contributed by atoms with E-state index in [1.807, 2.05) is 0 Å². The van der Waals surface area contributed by atoms with Gasteiger partial charge in [0.05, 0.1) is 12.7 Å². The number of morpholine rings is 1. The lowest BCUT2D eigenvalue weighted by Crippen LogP contribution is -2.42. The monoisotopic (exact) mass is 234 g/mol. The number of rotatable bonds is 4. The third kappa shape index (κ3) is 3.72. The summed E-state index contributed by atoms with van der Waals surface area (Å²) in [5, 5.41) is 6.75. The van der Waals surface area contributed by atoms with Crippen LogP contribution in [0.1, 0.15) is 25.3 Å². The molecule has 0 saturated carbocycles. The molecular weight excluding hydrogens is 212 g/mol. The van der Waals surface area contributed by atoms with Gasteiger partial charge < -0.3 is 15.4 Å². The van der Waals surface area contributed by atoms with E-state index >= 15 is 0 Å². The topological polar surface area (TPSA) is 33.3 Å². The fourth-order valence-electron chi connectivity index (χ4n) is 1.97. The number of hydrogen-bond donors (Lipinski definition) is 2. The van der Waals surface area contributed by atoms with Crippen molar-refractivity contribution in [3.63, 3.8) is 0 Å². The van der Waals surface area contributed by atoms with Crippen LogP contribution in [0.4, 0.5) is 5.69 Å². The summed E-state index contributed by atoms with van der Waals surface area (Å²) in [6.07, 6.45) is 0.286. The molecule has 0 aromatic heterocycles. The lowest BCUT2D eigenvalue weighted by Gasteiger charge is -2.24. The van der Waals surface area contributed by atoms with E-state index in [9.17, 15) is 0 Å². The molecule has 1 aromatic rings. The van der Waals surface area contributed by atoms with E-state index in [4.69, 9.17) is 4.74 Å². The minimum Gasteiger partial charge on any atom is -0.382 e. The molecular formula is C14H22N2O. The number of anilines is 1. The minimum absolute atomic E-state index is 0.286. The molecule has 0 amide bonds. The highest BCUT2D eigenvalue weighted by Crippen LogP contribution is 2.17. The third-order valence-electron chi connectivity index (χ3n) is 3.12. The van der Waals surface area contributed by atoms with Crippen molar-refractivity contribution in [3.8, 4) is 0 Å². The summed E-state index contributed by atoms with van der Waals surface area (Å²) in [7, 11) is 0. The van der Waals surface area contributed by atoms with E-state index in [1.165, 1.54) is 11.3 Å². The van der Waals surface area contributed by atoms with Gasteiger partial charge in [-0.15, -0.1) is 0 Å². The van der Waals surface area contributed by atoms with E-state index in [2.05, 4.69) is 48.7 Å². The maximum Gasteiger partial charge on any atom is 0.0872 e. The molecule has 0 bridgehead atoms. The Labute approximate surface area is 104 Å². The van der Waals surface area contributed by atoms with E-state index < -0.39 is 0 Å². The molecule has 1 aromatic carbocycles. The van der Waals surface area contributed by atoms with Gasteiger partial charge in [0.15, 0.2) is 0 Å². The summed E-state index contributed by atoms with van der Waals surface area (Å²) >= 11 is 0. The Hall–Kier alpha value is -1.06. The first-order chi connectivity index (χ1) is 8.25. The first-order valence-electron chi connectivity index (χ1n) is 6.42. The SMILES string of the molecule is CC(C)c1ccc(NCC2CNCCO2)cc1. The highest BCUT2D eigenvalue weighted by Gasteiger charge is 2.12. The Kier molecular flexibility index (Phi) is 4.40. The molecule has 1 fully saturated rings. The van der Waals surface area contributed by atoms with Crippen molar-refractivity contribution in [2.75, 3.05) is 31.6 Å². The summed E-state index contributed by atoms with van der Waals surface area (Å²) in [6.45, 7) is 8.03. The third-order valence-corrected chi connectivity index (χ3v) is 3.12. The van der Waals surface area contributed by atoms with Gasteiger partial charge in [0.1, 0.15) is 0 Å². The van der Waals surface area contributed by atoms with Crippen LogP contribution in [0.3, 0.4) is 0 Å². The second-order valence-electron chi connectivity index (χ2n) is 4.85. The zero-order valence-corrected chi connectivity index (χ0v) is 10.7. The van der Waals surface area contributed by atoms with Crippen molar-refractivity contribution >= 4 is 5.69 Å². The van der Waals surface area contributed by atoms with Crippen LogP contribution in [-0.2, 0) is 4.74 Å². The Morgan fingerprint density at radius 2 is 2.12 bits per heavy atom. The number of nitrogens with one attached hydrogen (secondary N) is 2. The van der Waals surface area contributed by atoms with Crippen LogP contribution in [-0.4, -0.2) is 32.3 Å². The average molecular weight is 234 g/mol. The predicted molar refractivity (Wildman–Crippen MR) is 71.6 cm³/mol. The van der Waals surface area contributed by atoms with E-state index in [0.717, 1.165) is 26.2 Å². The standard InChI is InChI=1S/C14H22N2O/c1-11(2)12-3-5-13(6-4-12)16-10-14-9-15-7-8-17-14/h3-6,11,14-16H,7-10H2,1-2H3. The molecule has 17 heavy (non-hydrogen) atoms. The van der Waals surface area contributed by atoms with E-state index in [1.54, 1.807) is 0 Å². The fourth-order valence-corrected chi connectivity index (χ4v) is 1.97. The fraction of sp³-hybridized carbons (Fsp3) is 0.571. The van der Waals surface area contributed by atoms with Gasteiger partial charge in [0.2, 0.25) is 0 Å². The Morgan fingerprint density at radius 3 is 2.71 bits per heavy atom. The van der Waals surface area contributed by atoms with Gasteiger partial charge >= 0.3 is 0 Å².